The smallest absolute Gasteiger partial charge is 0.353 e. The third-order valence-electron chi connectivity index (χ3n) is 6.49. The van der Waals surface area contributed by atoms with Crippen LogP contribution in [-0.4, -0.2) is 61.6 Å². The van der Waals surface area contributed by atoms with Crippen LogP contribution in [0.1, 0.15) is 24.3 Å². The van der Waals surface area contributed by atoms with Crippen molar-refractivity contribution >= 4 is 28.4 Å². The lowest BCUT2D eigenvalue weighted by Crippen LogP contribution is -2.57. The van der Waals surface area contributed by atoms with Crippen LogP contribution in [0.15, 0.2) is 43.0 Å². The Morgan fingerprint density at radius 2 is 1.97 bits per heavy atom. The molecule has 0 amide bonds. The number of alkyl halides is 3. The van der Waals surface area contributed by atoms with Gasteiger partial charge in [0.05, 0.1) is 11.7 Å². The summed E-state index contributed by atoms with van der Waals surface area (Å²) in [4.78, 5) is 20.1. The standard InChI is InChI=1S/C24H24F3N9/c1-35-8-5-19(34-35)32-20-10-15(4-6-30-20)22-31-17-12-28-11-16(14-2-3-14)21(17)23(33-22)36-9-7-29-18(13-36)24(25,26)27/h4-6,8,10-12,14,18,29H,2-3,7,9,13H2,1H3,(H,30,32,34). The maximum absolute atomic E-state index is 13.6. The molecule has 4 aromatic rings. The molecule has 0 aromatic carbocycles. The highest BCUT2D eigenvalue weighted by atomic mass is 19.4. The fraction of sp³-hybridized carbons (Fsp3) is 0.375. The second-order valence-electron chi connectivity index (χ2n) is 9.19. The van der Waals surface area contributed by atoms with Gasteiger partial charge in [-0.05, 0) is 36.5 Å². The number of nitrogens with one attached hydrogen (secondary N) is 2. The number of anilines is 3. The van der Waals surface area contributed by atoms with Gasteiger partial charge in [-0.15, -0.1) is 0 Å². The minimum atomic E-state index is -4.34. The summed E-state index contributed by atoms with van der Waals surface area (Å²) in [5.74, 6) is 2.46. The zero-order valence-electron chi connectivity index (χ0n) is 19.5. The van der Waals surface area contributed by atoms with Gasteiger partial charge in [0.1, 0.15) is 17.7 Å². The van der Waals surface area contributed by atoms with Crippen molar-refractivity contribution in [1.82, 2.24) is 35.0 Å². The summed E-state index contributed by atoms with van der Waals surface area (Å²) in [7, 11) is 1.82. The van der Waals surface area contributed by atoms with Gasteiger partial charge in [0.25, 0.3) is 0 Å². The van der Waals surface area contributed by atoms with Crippen LogP contribution in [-0.2, 0) is 7.05 Å². The first-order valence-electron chi connectivity index (χ1n) is 11.8. The predicted octanol–water partition coefficient (Wildman–Crippen LogP) is 3.78. The van der Waals surface area contributed by atoms with Crippen molar-refractivity contribution in [2.45, 2.75) is 31.0 Å². The zero-order chi connectivity index (χ0) is 24.9. The lowest BCUT2D eigenvalue weighted by atomic mass is 10.1. The molecule has 1 saturated carbocycles. The topological polar surface area (TPSA) is 96.7 Å². The number of nitrogens with zero attached hydrogens (tertiary/aromatic N) is 7. The van der Waals surface area contributed by atoms with E-state index in [2.05, 4.69) is 25.7 Å². The van der Waals surface area contributed by atoms with Gasteiger partial charge in [0.2, 0.25) is 0 Å². The van der Waals surface area contributed by atoms with Gasteiger partial charge >= 0.3 is 6.18 Å². The first kappa shape index (κ1) is 22.7. The van der Waals surface area contributed by atoms with Gasteiger partial charge < -0.3 is 15.5 Å². The van der Waals surface area contributed by atoms with Crippen molar-refractivity contribution in [2.24, 2.45) is 7.05 Å². The fourth-order valence-corrected chi connectivity index (χ4v) is 4.56. The number of piperazine rings is 1. The molecule has 12 heteroatoms. The van der Waals surface area contributed by atoms with E-state index in [9.17, 15) is 13.2 Å². The summed E-state index contributed by atoms with van der Waals surface area (Å²) in [6, 6.07) is 3.78. The Hall–Kier alpha value is -3.80. The lowest BCUT2D eigenvalue weighted by molar-refractivity contribution is -0.155. The molecular formula is C24H24F3N9. The van der Waals surface area contributed by atoms with Crippen molar-refractivity contribution in [3.8, 4) is 11.4 Å². The quantitative estimate of drug-likeness (QED) is 0.432. The summed E-state index contributed by atoms with van der Waals surface area (Å²) >= 11 is 0. The van der Waals surface area contributed by atoms with Crippen LogP contribution in [0.4, 0.5) is 30.6 Å². The Morgan fingerprint density at radius 1 is 1.11 bits per heavy atom. The van der Waals surface area contributed by atoms with E-state index in [-0.39, 0.29) is 13.1 Å². The van der Waals surface area contributed by atoms with Crippen molar-refractivity contribution in [2.75, 3.05) is 29.9 Å². The molecule has 6 rings (SSSR count). The average molecular weight is 496 g/mol. The summed E-state index contributed by atoms with van der Waals surface area (Å²) in [6.07, 6.45) is 4.63. The molecule has 0 bridgehead atoms. The summed E-state index contributed by atoms with van der Waals surface area (Å²) < 4.78 is 42.4. The molecule has 1 aliphatic carbocycles. The van der Waals surface area contributed by atoms with Crippen LogP contribution in [0.2, 0.25) is 0 Å². The van der Waals surface area contributed by atoms with E-state index in [0.717, 1.165) is 23.8 Å². The van der Waals surface area contributed by atoms with Gasteiger partial charge in [0, 0.05) is 62.3 Å². The van der Waals surface area contributed by atoms with E-state index in [1.165, 1.54) is 0 Å². The van der Waals surface area contributed by atoms with Crippen molar-refractivity contribution < 1.29 is 13.2 Å². The zero-order valence-corrected chi connectivity index (χ0v) is 19.5. The maximum atomic E-state index is 13.6. The number of aromatic nitrogens is 6. The molecule has 2 N–H and O–H groups in total. The third-order valence-corrected chi connectivity index (χ3v) is 6.49. The number of aryl methyl sites for hydroxylation is 1. The molecule has 186 valence electrons. The Labute approximate surface area is 204 Å². The van der Waals surface area contributed by atoms with E-state index in [0.29, 0.717) is 46.8 Å². The molecule has 1 aliphatic heterocycles. The Balaban J connectivity index is 1.44. The Bertz CT molecular complexity index is 1410. The SMILES string of the molecule is Cn1ccc(Nc2cc(-c3nc(N4CCNC(C(F)(F)F)C4)c4c(C5CC5)cncc4n3)ccn2)n1. The van der Waals surface area contributed by atoms with E-state index in [1.54, 1.807) is 40.3 Å². The molecule has 1 unspecified atom stereocenters. The monoisotopic (exact) mass is 495 g/mol. The number of pyridine rings is 2. The number of rotatable bonds is 5. The largest absolute Gasteiger partial charge is 0.405 e. The molecule has 0 radical (unpaired) electrons. The van der Waals surface area contributed by atoms with Gasteiger partial charge in [-0.25, -0.2) is 15.0 Å². The fourth-order valence-electron chi connectivity index (χ4n) is 4.56. The first-order valence-corrected chi connectivity index (χ1v) is 11.8. The van der Waals surface area contributed by atoms with E-state index in [1.807, 2.05) is 19.3 Å². The van der Waals surface area contributed by atoms with Crippen molar-refractivity contribution in [3.05, 3.63) is 48.5 Å². The summed E-state index contributed by atoms with van der Waals surface area (Å²) in [5.41, 5.74) is 2.31. The van der Waals surface area contributed by atoms with Gasteiger partial charge in [-0.2, -0.15) is 18.3 Å². The molecule has 9 nitrogen and oxygen atoms in total. The minimum absolute atomic E-state index is 0.211. The van der Waals surface area contributed by atoms with Crippen LogP contribution < -0.4 is 15.5 Å². The van der Waals surface area contributed by atoms with E-state index in [4.69, 9.17) is 9.97 Å². The molecule has 5 heterocycles. The van der Waals surface area contributed by atoms with Gasteiger partial charge in [-0.3, -0.25) is 9.67 Å². The molecule has 4 aromatic heterocycles. The van der Waals surface area contributed by atoms with Crippen LogP contribution >= 0.6 is 0 Å². The van der Waals surface area contributed by atoms with Crippen LogP contribution in [0.3, 0.4) is 0 Å². The lowest BCUT2D eigenvalue weighted by Gasteiger charge is -2.36. The molecule has 0 spiro atoms. The molecule has 36 heavy (non-hydrogen) atoms. The summed E-state index contributed by atoms with van der Waals surface area (Å²) in [5, 5.41) is 10.8. The molecule has 1 atom stereocenters. The second-order valence-corrected chi connectivity index (χ2v) is 9.19. The summed E-state index contributed by atoms with van der Waals surface area (Å²) in [6.45, 7) is 0.403. The Kier molecular flexibility index (Phi) is 5.47. The predicted molar refractivity (Wildman–Crippen MR) is 129 cm³/mol. The first-order chi connectivity index (χ1) is 17.3. The van der Waals surface area contributed by atoms with E-state index < -0.39 is 12.2 Å². The minimum Gasteiger partial charge on any atom is -0.353 e. The number of halogens is 3. The van der Waals surface area contributed by atoms with Gasteiger partial charge in [-0.1, -0.05) is 0 Å². The number of hydrogen-bond acceptors (Lipinski definition) is 8. The average Bonchev–Trinajstić information content (AvgIpc) is 3.64. The molecular weight excluding hydrogens is 471 g/mol. The number of fused-ring (bicyclic) bond motifs is 1. The third kappa shape index (κ3) is 4.43. The Morgan fingerprint density at radius 3 is 2.72 bits per heavy atom. The highest BCUT2D eigenvalue weighted by Crippen LogP contribution is 2.45. The number of hydrogen-bond donors (Lipinski definition) is 2. The maximum Gasteiger partial charge on any atom is 0.405 e. The van der Waals surface area contributed by atoms with Crippen LogP contribution in [0.25, 0.3) is 22.3 Å². The normalized spacial score (nSPS) is 18.6. The molecule has 2 aliphatic rings. The van der Waals surface area contributed by atoms with Crippen molar-refractivity contribution in [1.29, 1.82) is 0 Å². The highest BCUT2D eigenvalue weighted by Gasteiger charge is 2.42. The highest BCUT2D eigenvalue weighted by molar-refractivity contribution is 5.94. The molecule has 2 fully saturated rings. The second kappa shape index (κ2) is 8.70. The van der Waals surface area contributed by atoms with Gasteiger partial charge in [0.15, 0.2) is 11.6 Å². The van der Waals surface area contributed by atoms with Crippen LogP contribution in [0.5, 0.6) is 0 Å². The molecule has 1 saturated heterocycles. The van der Waals surface area contributed by atoms with E-state index >= 15 is 0 Å². The van der Waals surface area contributed by atoms with Crippen LogP contribution in [0, 0.1) is 0 Å². The van der Waals surface area contributed by atoms with Crippen molar-refractivity contribution in [3.63, 3.8) is 0 Å².